The second-order valence-electron chi connectivity index (χ2n) is 4.26. The van der Waals surface area contributed by atoms with Crippen LogP contribution >= 0.6 is 24.2 Å². The van der Waals surface area contributed by atoms with Crippen LogP contribution in [-0.4, -0.2) is 36.9 Å². The molecule has 0 radical (unpaired) electrons. The van der Waals surface area contributed by atoms with Gasteiger partial charge in [-0.3, -0.25) is 4.79 Å². The van der Waals surface area contributed by atoms with Gasteiger partial charge >= 0.3 is 0 Å². The molecule has 2 aromatic heterocycles. The third kappa shape index (κ3) is 4.51. The lowest BCUT2D eigenvalue weighted by atomic mass is 10.3. The number of hydrogen-bond acceptors (Lipinski definition) is 6. The molecule has 3 rings (SSSR count). The molecule has 0 bridgehead atoms. The van der Waals surface area contributed by atoms with Crippen LogP contribution in [0.25, 0.3) is 5.69 Å². The van der Waals surface area contributed by atoms with E-state index in [1.165, 1.54) is 11.8 Å². The molecule has 9 heteroatoms. The Hall–Kier alpha value is -2.45. The highest BCUT2D eigenvalue weighted by atomic mass is 35.5. The zero-order valence-corrected chi connectivity index (χ0v) is 13.5. The molecule has 0 saturated carbocycles. The summed E-state index contributed by atoms with van der Waals surface area (Å²) in [6.07, 6.45) is 1.62. The fourth-order valence-electron chi connectivity index (χ4n) is 1.75. The Morgan fingerprint density at radius 3 is 2.65 bits per heavy atom. The summed E-state index contributed by atoms with van der Waals surface area (Å²) in [6.45, 7) is 0. The largest absolute Gasteiger partial charge is 0.310 e. The Morgan fingerprint density at radius 1 is 1.13 bits per heavy atom. The molecule has 0 aliphatic carbocycles. The Labute approximate surface area is 142 Å². The van der Waals surface area contributed by atoms with Gasteiger partial charge in [0, 0.05) is 6.20 Å². The van der Waals surface area contributed by atoms with Gasteiger partial charge in [-0.25, -0.2) is 4.98 Å². The fourth-order valence-corrected chi connectivity index (χ4v) is 2.44. The van der Waals surface area contributed by atoms with E-state index in [-0.39, 0.29) is 24.1 Å². The topological polar surface area (TPSA) is 85.6 Å². The summed E-state index contributed by atoms with van der Waals surface area (Å²) in [5, 5.41) is 14.8. The first-order chi connectivity index (χ1) is 10.8. The van der Waals surface area contributed by atoms with Crippen LogP contribution in [0.3, 0.4) is 0 Å². The summed E-state index contributed by atoms with van der Waals surface area (Å²) >= 11 is 1.26. The van der Waals surface area contributed by atoms with Crippen molar-refractivity contribution in [2.45, 2.75) is 5.16 Å². The lowest BCUT2D eigenvalue weighted by Gasteiger charge is -2.05. The van der Waals surface area contributed by atoms with Crippen LogP contribution in [0.15, 0.2) is 59.9 Å². The molecular weight excluding hydrogens is 336 g/mol. The van der Waals surface area contributed by atoms with Crippen molar-refractivity contribution < 1.29 is 4.79 Å². The molecule has 1 aromatic carbocycles. The number of carbonyl (C=O) groups excluding carboxylic acids is 1. The maximum atomic E-state index is 11.9. The number of hydrogen-bond donors (Lipinski definition) is 1. The third-order valence-corrected chi connectivity index (χ3v) is 3.63. The quantitative estimate of drug-likeness (QED) is 0.711. The molecule has 2 heterocycles. The molecule has 3 aromatic rings. The number of anilines is 1. The van der Waals surface area contributed by atoms with E-state index in [0.717, 1.165) is 5.69 Å². The lowest BCUT2D eigenvalue weighted by molar-refractivity contribution is -0.113. The van der Waals surface area contributed by atoms with E-state index in [9.17, 15) is 4.79 Å². The van der Waals surface area contributed by atoms with Crippen LogP contribution in [0, 0.1) is 0 Å². The van der Waals surface area contributed by atoms with Crippen molar-refractivity contribution in [1.29, 1.82) is 0 Å². The van der Waals surface area contributed by atoms with Crippen LogP contribution in [0.1, 0.15) is 0 Å². The van der Waals surface area contributed by atoms with E-state index in [4.69, 9.17) is 0 Å². The number of pyridine rings is 1. The Balaban J connectivity index is 0.00000192. The van der Waals surface area contributed by atoms with Crippen molar-refractivity contribution in [3.63, 3.8) is 0 Å². The highest BCUT2D eigenvalue weighted by Crippen LogP contribution is 2.18. The monoisotopic (exact) mass is 348 g/mol. The smallest absolute Gasteiger partial charge is 0.236 e. The first-order valence-corrected chi connectivity index (χ1v) is 7.49. The second kappa shape index (κ2) is 8.25. The molecule has 0 aliphatic heterocycles. The highest BCUT2D eigenvalue weighted by Gasteiger charge is 2.11. The average Bonchev–Trinajstić information content (AvgIpc) is 3.03. The molecule has 0 aliphatic rings. The fraction of sp³-hybridized carbons (Fsp3) is 0.0714. The molecule has 1 N–H and O–H groups in total. The lowest BCUT2D eigenvalue weighted by Crippen LogP contribution is -2.15. The van der Waals surface area contributed by atoms with E-state index < -0.39 is 0 Å². The van der Waals surface area contributed by atoms with Crippen molar-refractivity contribution >= 4 is 35.9 Å². The number of aromatic nitrogens is 5. The molecule has 7 nitrogen and oxygen atoms in total. The number of amides is 1. The summed E-state index contributed by atoms with van der Waals surface area (Å²) in [7, 11) is 0. The van der Waals surface area contributed by atoms with Crippen LogP contribution < -0.4 is 5.32 Å². The number of halogens is 1. The summed E-state index contributed by atoms with van der Waals surface area (Å²) in [5.41, 5.74) is 0.847. The van der Waals surface area contributed by atoms with Gasteiger partial charge in [0.2, 0.25) is 11.1 Å². The van der Waals surface area contributed by atoms with Gasteiger partial charge in [0.15, 0.2) is 0 Å². The molecule has 0 atom stereocenters. The van der Waals surface area contributed by atoms with Crippen LogP contribution in [0.5, 0.6) is 0 Å². The normalized spacial score (nSPS) is 9.91. The Bertz CT molecular complexity index is 752. The maximum absolute atomic E-state index is 11.9. The number of nitrogens with zero attached hydrogens (tertiary/aromatic N) is 5. The predicted octanol–water partition coefficient (Wildman–Crippen LogP) is 2.21. The molecule has 0 saturated heterocycles. The number of nitrogens with one attached hydrogen (secondary N) is 1. The van der Waals surface area contributed by atoms with Crippen LogP contribution in [0.4, 0.5) is 5.82 Å². The van der Waals surface area contributed by atoms with Gasteiger partial charge in [-0.05, 0) is 34.7 Å². The molecular formula is C14H13ClN6OS. The van der Waals surface area contributed by atoms with Gasteiger partial charge in [0.1, 0.15) is 5.82 Å². The number of benzene rings is 1. The van der Waals surface area contributed by atoms with Gasteiger partial charge in [-0.1, -0.05) is 36.0 Å². The average molecular weight is 349 g/mol. The molecule has 0 spiro atoms. The standard InChI is InChI=1S/C14H12N6OS.ClH/c21-13(16-12-8-4-5-9-15-12)10-22-14-17-18-19-20(14)11-6-2-1-3-7-11;/h1-9H,10H2,(H,15,16,21);1H. The molecule has 1 amide bonds. The Morgan fingerprint density at radius 2 is 1.91 bits per heavy atom. The number of thioether (sulfide) groups is 1. The van der Waals surface area contributed by atoms with E-state index >= 15 is 0 Å². The number of carbonyl (C=O) groups is 1. The minimum atomic E-state index is -0.161. The maximum Gasteiger partial charge on any atom is 0.236 e. The van der Waals surface area contributed by atoms with Gasteiger partial charge in [-0.15, -0.1) is 17.5 Å². The van der Waals surface area contributed by atoms with E-state index in [1.807, 2.05) is 36.4 Å². The second-order valence-corrected chi connectivity index (χ2v) is 5.20. The third-order valence-electron chi connectivity index (χ3n) is 2.71. The van der Waals surface area contributed by atoms with Crippen molar-refractivity contribution in [1.82, 2.24) is 25.2 Å². The van der Waals surface area contributed by atoms with Crippen molar-refractivity contribution in [2.75, 3.05) is 11.1 Å². The van der Waals surface area contributed by atoms with Gasteiger partial charge in [0.25, 0.3) is 0 Å². The molecule has 0 fully saturated rings. The van der Waals surface area contributed by atoms with E-state index in [0.29, 0.717) is 11.0 Å². The van der Waals surface area contributed by atoms with Gasteiger partial charge in [-0.2, -0.15) is 4.68 Å². The summed E-state index contributed by atoms with van der Waals surface area (Å²) in [4.78, 5) is 15.9. The van der Waals surface area contributed by atoms with Crippen LogP contribution in [0.2, 0.25) is 0 Å². The molecule has 0 unspecified atom stereocenters. The SMILES string of the molecule is Cl.O=C(CSc1nnnn1-c1ccccc1)Nc1ccccn1. The van der Waals surface area contributed by atoms with Gasteiger partial charge < -0.3 is 5.32 Å². The number of rotatable bonds is 5. The van der Waals surface area contributed by atoms with Crippen LogP contribution in [-0.2, 0) is 4.79 Å². The van der Waals surface area contributed by atoms with E-state index in [1.54, 1.807) is 23.0 Å². The van der Waals surface area contributed by atoms with Gasteiger partial charge in [0.05, 0.1) is 11.4 Å². The predicted molar refractivity (Wildman–Crippen MR) is 90.0 cm³/mol. The van der Waals surface area contributed by atoms with Crippen molar-refractivity contribution in [3.05, 3.63) is 54.7 Å². The first-order valence-electron chi connectivity index (χ1n) is 6.50. The Kier molecular flexibility index (Phi) is 6.07. The number of para-hydroxylation sites is 1. The summed E-state index contributed by atoms with van der Waals surface area (Å²) < 4.78 is 1.60. The highest BCUT2D eigenvalue weighted by molar-refractivity contribution is 7.99. The van der Waals surface area contributed by atoms with E-state index in [2.05, 4.69) is 25.8 Å². The summed E-state index contributed by atoms with van der Waals surface area (Å²) in [6, 6.07) is 14.9. The first kappa shape index (κ1) is 16.9. The van der Waals surface area contributed by atoms with Crippen molar-refractivity contribution in [3.8, 4) is 5.69 Å². The zero-order chi connectivity index (χ0) is 15.2. The minimum Gasteiger partial charge on any atom is -0.310 e. The number of tetrazole rings is 1. The zero-order valence-electron chi connectivity index (χ0n) is 11.9. The minimum absolute atomic E-state index is 0. The summed E-state index contributed by atoms with van der Waals surface area (Å²) in [5.74, 6) is 0.561. The molecule has 23 heavy (non-hydrogen) atoms. The van der Waals surface area contributed by atoms with Crippen molar-refractivity contribution in [2.24, 2.45) is 0 Å². The molecule has 118 valence electrons.